The van der Waals surface area contributed by atoms with E-state index in [2.05, 4.69) is 11.6 Å². The van der Waals surface area contributed by atoms with Crippen LogP contribution in [0.5, 0.6) is 0 Å². The van der Waals surface area contributed by atoms with E-state index in [1.807, 2.05) is 18.7 Å². The van der Waals surface area contributed by atoms with Crippen molar-refractivity contribution in [2.75, 3.05) is 12.8 Å². The van der Waals surface area contributed by atoms with E-state index in [1.165, 1.54) is 12.8 Å². The monoisotopic (exact) mass is 203 g/mol. The zero-order chi connectivity index (χ0) is 9.90. The van der Waals surface area contributed by atoms with E-state index in [4.69, 9.17) is 5.11 Å². The van der Waals surface area contributed by atoms with Gasteiger partial charge >= 0.3 is 5.97 Å². The van der Waals surface area contributed by atoms with Gasteiger partial charge in [0.25, 0.3) is 0 Å². The van der Waals surface area contributed by atoms with E-state index >= 15 is 0 Å². The number of carboxylic acids is 1. The Labute approximate surface area is 83.3 Å². The van der Waals surface area contributed by atoms with Crippen LogP contribution in [0.1, 0.15) is 26.2 Å². The fourth-order valence-electron chi connectivity index (χ4n) is 1.29. The molecule has 1 aliphatic rings. The summed E-state index contributed by atoms with van der Waals surface area (Å²) in [6.45, 7) is 2.87. The van der Waals surface area contributed by atoms with Crippen LogP contribution in [0.3, 0.4) is 0 Å². The smallest absolute Gasteiger partial charge is 0.304 e. The molecule has 0 spiro atoms. The Morgan fingerprint density at radius 3 is 2.69 bits per heavy atom. The molecule has 0 heterocycles. The highest BCUT2D eigenvalue weighted by Gasteiger charge is 2.41. The van der Waals surface area contributed by atoms with E-state index < -0.39 is 5.97 Å². The Morgan fingerprint density at radius 2 is 2.31 bits per heavy atom. The maximum Gasteiger partial charge on any atom is 0.304 e. The van der Waals surface area contributed by atoms with E-state index in [9.17, 15) is 4.79 Å². The van der Waals surface area contributed by atoms with Crippen molar-refractivity contribution in [1.82, 2.24) is 5.32 Å². The lowest BCUT2D eigenvalue weighted by Crippen LogP contribution is -2.34. The van der Waals surface area contributed by atoms with Crippen LogP contribution in [0, 0.1) is 0 Å². The van der Waals surface area contributed by atoms with Crippen molar-refractivity contribution in [2.45, 2.75) is 37.0 Å². The summed E-state index contributed by atoms with van der Waals surface area (Å²) in [6.07, 6.45) is 4.86. The first-order valence-corrected chi connectivity index (χ1v) is 5.81. The Hall–Kier alpha value is -0.220. The van der Waals surface area contributed by atoms with E-state index in [0.717, 1.165) is 6.54 Å². The first-order chi connectivity index (χ1) is 6.08. The summed E-state index contributed by atoms with van der Waals surface area (Å²) in [5.74, 6) is -0.728. The fourth-order valence-corrected chi connectivity index (χ4v) is 2.02. The van der Waals surface area contributed by atoms with E-state index in [-0.39, 0.29) is 12.5 Å². The van der Waals surface area contributed by atoms with Crippen LogP contribution in [-0.4, -0.2) is 34.7 Å². The number of hydrogen-bond acceptors (Lipinski definition) is 3. The van der Waals surface area contributed by atoms with Crippen molar-refractivity contribution in [3.8, 4) is 0 Å². The summed E-state index contributed by atoms with van der Waals surface area (Å²) >= 11 is 1.89. The Balaban J connectivity index is 2.15. The first kappa shape index (κ1) is 10.9. The first-order valence-electron chi connectivity index (χ1n) is 4.58. The molecule has 1 aliphatic carbocycles. The lowest BCUT2D eigenvalue weighted by molar-refractivity contribution is -0.137. The minimum Gasteiger partial charge on any atom is -0.481 e. The van der Waals surface area contributed by atoms with Gasteiger partial charge in [0.1, 0.15) is 0 Å². The fraction of sp³-hybridized carbons (Fsp3) is 0.889. The number of hydrogen-bond donors (Lipinski definition) is 2. The lowest BCUT2D eigenvalue weighted by Gasteiger charge is -2.16. The molecule has 0 aliphatic heterocycles. The van der Waals surface area contributed by atoms with Crippen molar-refractivity contribution < 1.29 is 9.90 Å². The molecule has 4 heteroatoms. The van der Waals surface area contributed by atoms with Gasteiger partial charge < -0.3 is 10.4 Å². The predicted octanol–water partition coefficient (Wildman–Crippen LogP) is 1.33. The molecule has 0 saturated heterocycles. The van der Waals surface area contributed by atoms with Gasteiger partial charge in [0, 0.05) is 17.3 Å². The van der Waals surface area contributed by atoms with Crippen LogP contribution in [0.15, 0.2) is 0 Å². The quantitative estimate of drug-likeness (QED) is 0.684. The van der Waals surface area contributed by atoms with Crippen LogP contribution < -0.4 is 5.32 Å². The number of thioether (sulfide) groups is 1. The number of rotatable bonds is 6. The van der Waals surface area contributed by atoms with Crippen LogP contribution in [0.4, 0.5) is 0 Å². The van der Waals surface area contributed by atoms with E-state index in [0.29, 0.717) is 4.75 Å². The van der Waals surface area contributed by atoms with Gasteiger partial charge in [0.05, 0.1) is 6.42 Å². The molecule has 13 heavy (non-hydrogen) atoms. The van der Waals surface area contributed by atoms with Crippen LogP contribution in [-0.2, 0) is 4.79 Å². The van der Waals surface area contributed by atoms with Gasteiger partial charge in [-0.3, -0.25) is 4.79 Å². The van der Waals surface area contributed by atoms with Crippen molar-refractivity contribution in [1.29, 1.82) is 0 Å². The number of carbonyl (C=O) groups is 1. The second-order valence-corrected chi connectivity index (χ2v) is 5.04. The summed E-state index contributed by atoms with van der Waals surface area (Å²) < 4.78 is 0.423. The second kappa shape index (κ2) is 4.33. The minimum atomic E-state index is -0.728. The molecule has 3 nitrogen and oxygen atoms in total. The normalized spacial score (nSPS) is 21.1. The Bertz CT molecular complexity index is 192. The lowest BCUT2D eigenvalue weighted by atomic mass is 10.2. The molecular weight excluding hydrogens is 186 g/mol. The molecule has 0 bridgehead atoms. The van der Waals surface area contributed by atoms with Crippen molar-refractivity contribution in [2.24, 2.45) is 0 Å². The highest BCUT2D eigenvalue weighted by atomic mass is 32.2. The summed E-state index contributed by atoms with van der Waals surface area (Å²) in [5.41, 5.74) is 0. The molecule has 0 aromatic carbocycles. The Morgan fingerprint density at radius 1 is 1.69 bits per heavy atom. The minimum absolute atomic E-state index is 0.0853. The molecule has 1 fully saturated rings. The molecule has 1 unspecified atom stereocenters. The molecule has 1 rings (SSSR count). The van der Waals surface area contributed by atoms with Gasteiger partial charge in [-0.15, -0.1) is 0 Å². The third-order valence-electron chi connectivity index (χ3n) is 2.49. The second-order valence-electron chi connectivity index (χ2n) is 3.77. The van der Waals surface area contributed by atoms with Crippen molar-refractivity contribution >= 4 is 17.7 Å². The average Bonchev–Trinajstić information content (AvgIpc) is 2.80. The van der Waals surface area contributed by atoms with Crippen LogP contribution in [0.2, 0.25) is 0 Å². The topological polar surface area (TPSA) is 49.3 Å². The largest absolute Gasteiger partial charge is 0.481 e. The highest BCUT2D eigenvalue weighted by Crippen LogP contribution is 2.46. The van der Waals surface area contributed by atoms with Crippen molar-refractivity contribution in [3.05, 3.63) is 0 Å². The van der Waals surface area contributed by atoms with Gasteiger partial charge in [-0.1, -0.05) is 0 Å². The molecule has 1 saturated carbocycles. The molecule has 76 valence electrons. The van der Waals surface area contributed by atoms with Crippen molar-refractivity contribution in [3.63, 3.8) is 0 Å². The van der Waals surface area contributed by atoms with Gasteiger partial charge in [-0.2, -0.15) is 11.8 Å². The molecule has 2 N–H and O–H groups in total. The molecule has 0 aromatic rings. The zero-order valence-corrected chi connectivity index (χ0v) is 8.99. The van der Waals surface area contributed by atoms with Gasteiger partial charge in [-0.25, -0.2) is 0 Å². The summed E-state index contributed by atoms with van der Waals surface area (Å²) in [4.78, 5) is 10.4. The zero-order valence-electron chi connectivity index (χ0n) is 8.17. The highest BCUT2D eigenvalue weighted by molar-refractivity contribution is 8.00. The van der Waals surface area contributed by atoms with Crippen LogP contribution in [0.25, 0.3) is 0 Å². The third kappa shape index (κ3) is 3.56. The number of nitrogens with one attached hydrogen (secondary N) is 1. The molecule has 1 atom stereocenters. The SMILES string of the molecule is CSC1(CNC(C)CC(=O)O)CC1. The number of aliphatic carboxylic acids is 1. The Kier molecular flexibility index (Phi) is 3.62. The summed E-state index contributed by atoms with van der Waals surface area (Å²) in [5, 5.41) is 11.8. The molecule has 0 aromatic heterocycles. The van der Waals surface area contributed by atoms with Gasteiger partial charge in [0.2, 0.25) is 0 Å². The molecule has 0 radical (unpaired) electrons. The number of carboxylic acid groups (broad SMARTS) is 1. The summed E-state index contributed by atoms with van der Waals surface area (Å²) in [7, 11) is 0. The molecule has 0 amide bonds. The maximum atomic E-state index is 10.4. The van der Waals surface area contributed by atoms with E-state index in [1.54, 1.807) is 0 Å². The summed E-state index contributed by atoms with van der Waals surface area (Å²) in [6, 6.07) is 0.0853. The van der Waals surface area contributed by atoms with Crippen LogP contribution >= 0.6 is 11.8 Å². The standard InChI is InChI=1S/C9H17NO2S/c1-7(5-8(11)12)10-6-9(13-2)3-4-9/h7,10H,3-6H2,1-2H3,(H,11,12). The maximum absolute atomic E-state index is 10.4. The predicted molar refractivity (Wildman–Crippen MR) is 55.2 cm³/mol. The third-order valence-corrected chi connectivity index (χ3v) is 3.91. The molecular formula is C9H17NO2S. The van der Waals surface area contributed by atoms with Gasteiger partial charge in [0.15, 0.2) is 0 Å². The van der Waals surface area contributed by atoms with Gasteiger partial charge in [-0.05, 0) is 26.0 Å². The average molecular weight is 203 g/mol.